The lowest BCUT2D eigenvalue weighted by Gasteiger charge is -2.45. The molecular weight excluding hydrogens is 456 g/mol. The first-order valence-corrected chi connectivity index (χ1v) is 11.0. The number of hydrogen-bond acceptors (Lipinski definition) is 3. The fourth-order valence-electron chi connectivity index (χ4n) is 4.16. The van der Waals surface area contributed by atoms with E-state index in [9.17, 15) is 18.4 Å². The SMILES string of the molecule is O=C1CC2(CCN(C(=O)NCc3ccc(F)c(CBr)c3)CC2)Nc2ccc(F)cc21. The predicted octanol–water partition coefficient (Wildman–Crippen LogP) is 4.60. The number of Topliss-reactive ketones (excluding diaryl/α,β-unsaturated/α-hetero) is 1. The zero-order valence-electron chi connectivity index (χ0n) is 16.3. The van der Waals surface area contributed by atoms with Crippen LogP contribution in [0.25, 0.3) is 0 Å². The highest BCUT2D eigenvalue weighted by molar-refractivity contribution is 9.08. The molecule has 0 unspecified atom stereocenters. The molecule has 30 heavy (non-hydrogen) atoms. The summed E-state index contributed by atoms with van der Waals surface area (Å²) in [4.78, 5) is 26.8. The van der Waals surface area contributed by atoms with E-state index in [-0.39, 0.29) is 17.6 Å². The molecule has 0 aromatic heterocycles. The number of anilines is 1. The van der Waals surface area contributed by atoms with E-state index in [0.717, 1.165) is 5.56 Å². The lowest BCUT2D eigenvalue weighted by molar-refractivity contribution is 0.0915. The Hall–Kier alpha value is -2.48. The molecule has 2 aromatic rings. The molecular formula is C22H22BrF2N3O2. The highest BCUT2D eigenvalue weighted by atomic mass is 79.9. The number of nitrogens with zero attached hydrogens (tertiary/aromatic N) is 1. The summed E-state index contributed by atoms with van der Waals surface area (Å²) in [5.41, 5.74) is 2.03. The van der Waals surface area contributed by atoms with Crippen LogP contribution in [0.2, 0.25) is 0 Å². The molecule has 1 spiro atoms. The van der Waals surface area contributed by atoms with Crippen LogP contribution >= 0.6 is 15.9 Å². The Morgan fingerprint density at radius 2 is 1.93 bits per heavy atom. The van der Waals surface area contributed by atoms with Crippen LogP contribution in [0.3, 0.4) is 0 Å². The van der Waals surface area contributed by atoms with Crippen molar-refractivity contribution in [3.8, 4) is 0 Å². The molecule has 1 fully saturated rings. The number of amides is 2. The number of urea groups is 1. The van der Waals surface area contributed by atoms with Gasteiger partial charge in [0.15, 0.2) is 5.78 Å². The lowest BCUT2D eigenvalue weighted by Crippen LogP contribution is -2.55. The second kappa shape index (κ2) is 8.34. The second-order valence-electron chi connectivity index (χ2n) is 7.90. The van der Waals surface area contributed by atoms with Gasteiger partial charge in [-0.25, -0.2) is 13.6 Å². The van der Waals surface area contributed by atoms with Crippen molar-refractivity contribution in [2.24, 2.45) is 0 Å². The molecule has 2 amide bonds. The maximum atomic E-state index is 13.6. The first-order valence-electron chi connectivity index (χ1n) is 9.86. The van der Waals surface area contributed by atoms with E-state index in [4.69, 9.17) is 0 Å². The van der Waals surface area contributed by atoms with Crippen molar-refractivity contribution in [3.63, 3.8) is 0 Å². The first kappa shape index (κ1) is 20.8. The van der Waals surface area contributed by atoms with E-state index in [0.29, 0.717) is 61.0 Å². The number of likely N-dealkylation sites (tertiary alicyclic amines) is 1. The Morgan fingerprint density at radius 1 is 1.17 bits per heavy atom. The van der Waals surface area contributed by atoms with Crippen molar-refractivity contribution in [2.45, 2.75) is 36.7 Å². The molecule has 2 N–H and O–H groups in total. The molecule has 2 aromatic carbocycles. The van der Waals surface area contributed by atoms with Gasteiger partial charge in [-0.1, -0.05) is 28.1 Å². The Balaban J connectivity index is 1.35. The van der Waals surface area contributed by atoms with E-state index >= 15 is 0 Å². The van der Waals surface area contributed by atoms with E-state index in [2.05, 4.69) is 26.6 Å². The van der Waals surface area contributed by atoms with E-state index in [1.54, 1.807) is 23.1 Å². The van der Waals surface area contributed by atoms with Crippen LogP contribution in [0, 0.1) is 11.6 Å². The van der Waals surface area contributed by atoms with Crippen molar-refractivity contribution in [1.82, 2.24) is 10.2 Å². The van der Waals surface area contributed by atoms with Gasteiger partial charge in [0.25, 0.3) is 0 Å². The molecule has 1 saturated heterocycles. The number of alkyl halides is 1. The third kappa shape index (κ3) is 4.19. The van der Waals surface area contributed by atoms with E-state index in [1.165, 1.54) is 18.2 Å². The number of hydrogen-bond donors (Lipinski definition) is 2. The fourth-order valence-corrected chi connectivity index (χ4v) is 4.59. The zero-order valence-corrected chi connectivity index (χ0v) is 17.9. The number of halogens is 3. The van der Waals surface area contributed by atoms with Crippen molar-refractivity contribution in [1.29, 1.82) is 0 Å². The van der Waals surface area contributed by atoms with E-state index < -0.39 is 11.4 Å². The number of carbonyl (C=O) groups excluding carboxylic acids is 2. The van der Waals surface area contributed by atoms with Crippen molar-refractivity contribution in [3.05, 3.63) is 64.7 Å². The fraction of sp³-hybridized carbons (Fsp3) is 0.364. The van der Waals surface area contributed by atoms with Crippen LogP contribution < -0.4 is 10.6 Å². The van der Waals surface area contributed by atoms with Crippen LogP contribution in [0.15, 0.2) is 36.4 Å². The topological polar surface area (TPSA) is 61.4 Å². The van der Waals surface area contributed by atoms with Gasteiger partial charge in [-0.3, -0.25) is 4.79 Å². The molecule has 0 atom stereocenters. The number of piperidine rings is 1. The Labute approximate surface area is 182 Å². The minimum absolute atomic E-state index is 0.0694. The minimum atomic E-state index is -0.421. The molecule has 0 aliphatic carbocycles. The van der Waals surface area contributed by atoms with Gasteiger partial charge in [0.2, 0.25) is 0 Å². The number of fused-ring (bicyclic) bond motifs is 1. The molecule has 158 valence electrons. The molecule has 0 radical (unpaired) electrons. The summed E-state index contributed by atoms with van der Waals surface area (Å²) in [6.07, 6.45) is 1.56. The van der Waals surface area contributed by atoms with Crippen LogP contribution in [0.5, 0.6) is 0 Å². The third-order valence-electron chi connectivity index (χ3n) is 5.89. The predicted molar refractivity (Wildman–Crippen MR) is 114 cm³/mol. The largest absolute Gasteiger partial charge is 0.378 e. The summed E-state index contributed by atoms with van der Waals surface area (Å²) in [6.45, 7) is 1.34. The molecule has 2 aliphatic heterocycles. The number of nitrogens with one attached hydrogen (secondary N) is 2. The van der Waals surface area contributed by atoms with Gasteiger partial charge in [0.1, 0.15) is 11.6 Å². The number of carbonyl (C=O) groups is 2. The highest BCUT2D eigenvalue weighted by Crippen LogP contribution is 2.37. The summed E-state index contributed by atoms with van der Waals surface area (Å²) in [5.74, 6) is -0.766. The molecule has 2 heterocycles. The van der Waals surface area contributed by atoms with Crippen LogP contribution in [-0.2, 0) is 11.9 Å². The van der Waals surface area contributed by atoms with Gasteiger partial charge < -0.3 is 15.5 Å². The van der Waals surface area contributed by atoms with E-state index in [1.807, 2.05) is 0 Å². The molecule has 2 aliphatic rings. The zero-order chi connectivity index (χ0) is 21.3. The first-order chi connectivity index (χ1) is 14.4. The van der Waals surface area contributed by atoms with Crippen LogP contribution in [0.4, 0.5) is 19.3 Å². The van der Waals surface area contributed by atoms with Gasteiger partial charge in [-0.15, -0.1) is 0 Å². The van der Waals surface area contributed by atoms with Gasteiger partial charge in [0, 0.05) is 48.2 Å². The average molecular weight is 478 g/mol. The van der Waals surface area contributed by atoms with Crippen molar-refractivity contribution >= 4 is 33.4 Å². The normalized spacial score (nSPS) is 17.4. The summed E-state index contributed by atoms with van der Waals surface area (Å²) in [6, 6.07) is 8.83. The maximum Gasteiger partial charge on any atom is 0.317 e. The van der Waals surface area contributed by atoms with Crippen molar-refractivity contribution < 1.29 is 18.4 Å². The Kier molecular flexibility index (Phi) is 5.77. The summed E-state index contributed by atoms with van der Waals surface area (Å²) < 4.78 is 27.0. The van der Waals surface area contributed by atoms with Gasteiger partial charge in [-0.2, -0.15) is 0 Å². The smallest absolute Gasteiger partial charge is 0.317 e. The quantitative estimate of drug-likeness (QED) is 0.634. The standard InChI is InChI=1S/C22H22BrF2N3O2/c23-12-15-9-14(1-3-18(15)25)13-26-21(30)28-7-5-22(6-8-28)11-20(29)17-10-16(24)2-4-19(17)27-22/h1-4,9-10,27H,5-8,11-13H2,(H,26,30). The summed E-state index contributed by atoms with van der Waals surface area (Å²) in [5, 5.41) is 6.71. The summed E-state index contributed by atoms with van der Waals surface area (Å²) in [7, 11) is 0. The van der Waals surface area contributed by atoms with Gasteiger partial charge in [0.05, 0.1) is 0 Å². The highest BCUT2D eigenvalue weighted by Gasteiger charge is 2.41. The Bertz CT molecular complexity index is 990. The second-order valence-corrected chi connectivity index (χ2v) is 8.46. The molecule has 0 saturated carbocycles. The summed E-state index contributed by atoms with van der Waals surface area (Å²) >= 11 is 3.25. The van der Waals surface area contributed by atoms with Gasteiger partial charge >= 0.3 is 6.03 Å². The van der Waals surface area contributed by atoms with Crippen LogP contribution in [-0.4, -0.2) is 35.3 Å². The monoisotopic (exact) mass is 477 g/mol. The molecule has 5 nitrogen and oxygen atoms in total. The van der Waals surface area contributed by atoms with Gasteiger partial charge in [-0.05, 0) is 48.2 Å². The molecule has 8 heteroatoms. The molecule has 4 rings (SSSR count). The maximum absolute atomic E-state index is 13.6. The third-order valence-corrected chi connectivity index (χ3v) is 6.49. The molecule has 0 bridgehead atoms. The number of benzene rings is 2. The van der Waals surface area contributed by atoms with Crippen molar-refractivity contribution in [2.75, 3.05) is 18.4 Å². The van der Waals surface area contributed by atoms with Crippen LogP contribution in [0.1, 0.15) is 40.7 Å². The Morgan fingerprint density at radius 3 is 2.67 bits per heavy atom. The average Bonchev–Trinajstić information content (AvgIpc) is 2.74. The number of ketones is 1. The lowest BCUT2D eigenvalue weighted by atomic mass is 9.78. The number of rotatable bonds is 3. The minimum Gasteiger partial charge on any atom is -0.378 e.